The van der Waals surface area contributed by atoms with Crippen LogP contribution in [0.4, 0.5) is 11.5 Å². The van der Waals surface area contributed by atoms with Crippen LogP contribution in [0, 0.1) is 10.1 Å². The van der Waals surface area contributed by atoms with Gasteiger partial charge in [-0.2, -0.15) is 4.98 Å². The summed E-state index contributed by atoms with van der Waals surface area (Å²) in [6.45, 7) is 0.402. The zero-order chi connectivity index (χ0) is 20.6. The summed E-state index contributed by atoms with van der Waals surface area (Å²) in [6, 6.07) is 8.84. The van der Waals surface area contributed by atoms with Crippen molar-refractivity contribution in [1.82, 2.24) is 15.0 Å². The third-order valence-electron chi connectivity index (χ3n) is 3.97. The third-order valence-corrected chi connectivity index (χ3v) is 3.97. The van der Waals surface area contributed by atoms with Gasteiger partial charge in [-0.05, 0) is 36.2 Å². The molecular formula is C19H19N5O5. The number of nitro groups is 1. The molecule has 0 spiro atoms. The Morgan fingerprint density at radius 3 is 2.66 bits per heavy atom. The van der Waals surface area contributed by atoms with Crippen molar-refractivity contribution in [3.05, 3.63) is 64.7 Å². The first kappa shape index (κ1) is 19.8. The monoisotopic (exact) mass is 397 g/mol. The van der Waals surface area contributed by atoms with Crippen molar-refractivity contribution in [2.45, 2.75) is 6.42 Å². The smallest absolute Gasteiger partial charge is 0.373 e. The van der Waals surface area contributed by atoms with Crippen LogP contribution >= 0.6 is 0 Å². The van der Waals surface area contributed by atoms with Gasteiger partial charge in [0.1, 0.15) is 12.1 Å². The maximum Gasteiger partial charge on any atom is 0.373 e. The minimum atomic E-state index is -0.579. The summed E-state index contributed by atoms with van der Waals surface area (Å²) in [7, 11) is 3.13. The predicted octanol–water partition coefficient (Wildman–Crippen LogP) is 3.24. The van der Waals surface area contributed by atoms with Crippen LogP contribution < -0.4 is 19.5 Å². The van der Waals surface area contributed by atoms with Gasteiger partial charge in [-0.25, -0.2) is 4.98 Å². The number of aromatic nitrogens is 3. The number of benzene rings is 1. The van der Waals surface area contributed by atoms with Crippen LogP contribution in [-0.4, -0.2) is 40.6 Å². The van der Waals surface area contributed by atoms with Crippen LogP contribution in [0.1, 0.15) is 5.56 Å². The molecule has 0 fully saturated rings. The van der Waals surface area contributed by atoms with Gasteiger partial charge >= 0.3 is 11.6 Å². The number of pyridine rings is 1. The van der Waals surface area contributed by atoms with E-state index in [0.717, 1.165) is 5.56 Å². The van der Waals surface area contributed by atoms with E-state index in [1.165, 1.54) is 12.5 Å². The predicted molar refractivity (Wildman–Crippen MR) is 105 cm³/mol. The lowest BCUT2D eigenvalue weighted by atomic mass is 10.1. The molecule has 0 aliphatic carbocycles. The standard InChI is InChI=1S/C19H19N5O5/c1-27-15-6-5-13(10-16(15)28-2)7-9-21-18-17(24(25)26)19(23-12-22-18)29-14-4-3-8-20-11-14/h3-6,8,10-12H,7,9H2,1-2H3,(H,21,22,23). The highest BCUT2D eigenvalue weighted by atomic mass is 16.6. The van der Waals surface area contributed by atoms with E-state index in [1.54, 1.807) is 38.6 Å². The number of hydrogen-bond donors (Lipinski definition) is 1. The molecule has 150 valence electrons. The first-order valence-corrected chi connectivity index (χ1v) is 8.64. The molecule has 2 heterocycles. The van der Waals surface area contributed by atoms with Crippen molar-refractivity contribution in [3.8, 4) is 23.1 Å². The van der Waals surface area contributed by atoms with Crippen LogP contribution in [0.25, 0.3) is 0 Å². The Kier molecular flexibility index (Phi) is 6.36. The summed E-state index contributed by atoms with van der Waals surface area (Å²) in [6.07, 6.45) is 4.80. The summed E-state index contributed by atoms with van der Waals surface area (Å²) in [4.78, 5) is 22.8. The molecule has 10 nitrogen and oxygen atoms in total. The quantitative estimate of drug-likeness (QED) is 0.428. The summed E-state index contributed by atoms with van der Waals surface area (Å²) in [5.41, 5.74) is 0.627. The van der Waals surface area contributed by atoms with Gasteiger partial charge in [0.2, 0.25) is 5.82 Å². The van der Waals surface area contributed by atoms with Crippen molar-refractivity contribution in [2.24, 2.45) is 0 Å². The van der Waals surface area contributed by atoms with E-state index in [4.69, 9.17) is 14.2 Å². The zero-order valence-corrected chi connectivity index (χ0v) is 15.9. The van der Waals surface area contributed by atoms with E-state index in [0.29, 0.717) is 30.2 Å². The second-order valence-corrected chi connectivity index (χ2v) is 5.79. The summed E-state index contributed by atoms with van der Waals surface area (Å²) in [5.74, 6) is 1.50. The lowest BCUT2D eigenvalue weighted by Crippen LogP contribution is -2.10. The van der Waals surface area contributed by atoms with Gasteiger partial charge in [0.15, 0.2) is 11.5 Å². The molecule has 0 aliphatic rings. The van der Waals surface area contributed by atoms with Gasteiger partial charge in [-0.1, -0.05) is 6.07 Å². The average molecular weight is 397 g/mol. The molecule has 0 atom stereocenters. The largest absolute Gasteiger partial charge is 0.493 e. The first-order valence-electron chi connectivity index (χ1n) is 8.64. The van der Waals surface area contributed by atoms with Gasteiger partial charge in [0, 0.05) is 12.7 Å². The number of rotatable bonds is 9. The number of hydrogen-bond acceptors (Lipinski definition) is 9. The Morgan fingerprint density at radius 1 is 1.14 bits per heavy atom. The van der Waals surface area contributed by atoms with Crippen LogP contribution in [0.3, 0.4) is 0 Å². The van der Waals surface area contributed by atoms with Crippen molar-refractivity contribution in [1.29, 1.82) is 0 Å². The molecule has 0 bridgehead atoms. The Bertz CT molecular complexity index is 984. The maximum atomic E-state index is 11.6. The fraction of sp³-hybridized carbons (Fsp3) is 0.211. The number of methoxy groups -OCH3 is 2. The minimum absolute atomic E-state index is 0.0735. The van der Waals surface area contributed by atoms with Crippen LogP contribution in [0.15, 0.2) is 49.1 Å². The van der Waals surface area contributed by atoms with E-state index < -0.39 is 4.92 Å². The summed E-state index contributed by atoms with van der Waals surface area (Å²) < 4.78 is 16.0. The van der Waals surface area contributed by atoms with Crippen molar-refractivity contribution in [2.75, 3.05) is 26.1 Å². The fourth-order valence-electron chi connectivity index (χ4n) is 2.61. The molecule has 3 rings (SSSR count). The number of ether oxygens (including phenoxy) is 3. The highest BCUT2D eigenvalue weighted by Crippen LogP contribution is 2.33. The molecule has 0 saturated heterocycles. The number of nitrogens with one attached hydrogen (secondary N) is 1. The van der Waals surface area contributed by atoms with Crippen molar-refractivity contribution in [3.63, 3.8) is 0 Å². The second kappa shape index (κ2) is 9.31. The fourth-order valence-corrected chi connectivity index (χ4v) is 2.61. The lowest BCUT2D eigenvalue weighted by Gasteiger charge is -2.11. The van der Waals surface area contributed by atoms with Crippen LogP contribution in [-0.2, 0) is 6.42 Å². The average Bonchev–Trinajstić information content (AvgIpc) is 2.74. The Morgan fingerprint density at radius 2 is 1.97 bits per heavy atom. The molecule has 0 radical (unpaired) electrons. The molecular weight excluding hydrogens is 378 g/mol. The highest BCUT2D eigenvalue weighted by Gasteiger charge is 2.25. The van der Waals surface area contributed by atoms with E-state index in [1.807, 2.05) is 12.1 Å². The molecule has 29 heavy (non-hydrogen) atoms. The maximum absolute atomic E-state index is 11.6. The molecule has 2 aromatic heterocycles. The highest BCUT2D eigenvalue weighted by molar-refractivity contribution is 5.61. The van der Waals surface area contributed by atoms with Crippen LogP contribution in [0.5, 0.6) is 23.1 Å². The van der Waals surface area contributed by atoms with E-state index >= 15 is 0 Å². The zero-order valence-electron chi connectivity index (χ0n) is 15.9. The molecule has 0 amide bonds. The Hall–Kier alpha value is -3.95. The summed E-state index contributed by atoms with van der Waals surface area (Å²) >= 11 is 0. The number of nitrogens with zero attached hydrogens (tertiary/aromatic N) is 4. The normalized spacial score (nSPS) is 10.3. The minimum Gasteiger partial charge on any atom is -0.493 e. The van der Waals surface area contributed by atoms with Gasteiger partial charge in [0.05, 0.1) is 25.3 Å². The molecule has 0 unspecified atom stereocenters. The second-order valence-electron chi connectivity index (χ2n) is 5.79. The van der Waals surface area contributed by atoms with Crippen LogP contribution in [0.2, 0.25) is 0 Å². The van der Waals surface area contributed by atoms with Crippen molar-refractivity contribution >= 4 is 11.5 Å². The third kappa shape index (κ3) is 4.86. The van der Waals surface area contributed by atoms with E-state index in [2.05, 4.69) is 20.3 Å². The SMILES string of the molecule is COc1ccc(CCNc2ncnc(Oc3cccnc3)c2[N+](=O)[O-])cc1OC. The molecule has 0 saturated carbocycles. The van der Waals surface area contributed by atoms with Gasteiger partial charge < -0.3 is 19.5 Å². The van der Waals surface area contributed by atoms with Gasteiger partial charge in [-0.15, -0.1) is 0 Å². The molecule has 3 aromatic rings. The van der Waals surface area contributed by atoms with E-state index in [9.17, 15) is 10.1 Å². The van der Waals surface area contributed by atoms with E-state index in [-0.39, 0.29) is 17.4 Å². The molecule has 1 N–H and O–H groups in total. The molecule has 10 heteroatoms. The first-order chi connectivity index (χ1) is 14.1. The summed E-state index contributed by atoms with van der Waals surface area (Å²) in [5, 5.41) is 14.6. The Balaban J connectivity index is 1.74. The van der Waals surface area contributed by atoms with Gasteiger partial charge in [-0.3, -0.25) is 15.1 Å². The van der Waals surface area contributed by atoms with Gasteiger partial charge in [0.25, 0.3) is 0 Å². The van der Waals surface area contributed by atoms with Crippen molar-refractivity contribution < 1.29 is 19.1 Å². The molecule has 1 aromatic carbocycles. The Labute approximate surface area is 166 Å². The molecule has 0 aliphatic heterocycles. The topological polar surface area (TPSA) is 122 Å². The lowest BCUT2D eigenvalue weighted by molar-refractivity contribution is -0.385. The number of anilines is 1.